The van der Waals surface area contributed by atoms with Crippen molar-refractivity contribution in [2.45, 2.75) is 44.1 Å². The van der Waals surface area contributed by atoms with Gasteiger partial charge in [-0.05, 0) is 19.3 Å². The van der Waals surface area contributed by atoms with E-state index in [4.69, 9.17) is 10.5 Å². The Morgan fingerprint density at radius 1 is 1.31 bits per heavy atom. The first-order valence-electron chi connectivity index (χ1n) is 5.24. The highest BCUT2D eigenvalue weighted by Crippen LogP contribution is 2.25. The quantitative estimate of drug-likeness (QED) is 0.524. The summed E-state index contributed by atoms with van der Waals surface area (Å²) < 4.78 is 5.52. The average molecular weight is 183 g/mol. The molecule has 0 heterocycles. The van der Waals surface area contributed by atoms with Crippen LogP contribution in [-0.4, -0.2) is 18.8 Å². The number of hydrogen-bond donors (Lipinski definition) is 1. The molecule has 1 saturated carbocycles. The predicted molar refractivity (Wildman–Crippen MR) is 55.6 cm³/mol. The Labute approximate surface area is 81.1 Å². The van der Waals surface area contributed by atoms with Crippen LogP contribution >= 0.6 is 0 Å². The Hall–Kier alpha value is -0.340. The minimum absolute atomic E-state index is 0.0284. The molecule has 0 aromatic carbocycles. The summed E-state index contributed by atoms with van der Waals surface area (Å²) in [5.41, 5.74) is 6.16. The smallest absolute Gasteiger partial charge is 0.0646 e. The van der Waals surface area contributed by atoms with Crippen molar-refractivity contribution in [3.8, 4) is 0 Å². The molecule has 0 aliphatic heterocycles. The first kappa shape index (κ1) is 10.7. The topological polar surface area (TPSA) is 35.2 Å². The summed E-state index contributed by atoms with van der Waals surface area (Å²) in [6, 6.07) is 0. The molecular formula is C11H21NO. The lowest BCUT2D eigenvalue weighted by molar-refractivity contribution is 0.0708. The van der Waals surface area contributed by atoms with Crippen molar-refractivity contribution in [3.05, 3.63) is 12.7 Å². The minimum Gasteiger partial charge on any atom is -0.379 e. The Morgan fingerprint density at radius 2 is 2.00 bits per heavy atom. The molecule has 1 fully saturated rings. The second kappa shape index (κ2) is 5.40. The highest BCUT2D eigenvalue weighted by atomic mass is 16.5. The van der Waals surface area contributed by atoms with Crippen molar-refractivity contribution in [1.82, 2.24) is 0 Å². The molecule has 0 amide bonds. The van der Waals surface area contributed by atoms with Crippen LogP contribution in [0.3, 0.4) is 0 Å². The Balaban J connectivity index is 2.13. The summed E-state index contributed by atoms with van der Waals surface area (Å²) in [7, 11) is 0. The van der Waals surface area contributed by atoms with Crippen molar-refractivity contribution < 1.29 is 4.74 Å². The third-order valence-corrected chi connectivity index (χ3v) is 2.71. The van der Waals surface area contributed by atoms with E-state index in [1.54, 1.807) is 0 Å². The molecule has 0 unspecified atom stereocenters. The van der Waals surface area contributed by atoms with Crippen molar-refractivity contribution in [2.75, 3.05) is 13.2 Å². The lowest BCUT2D eigenvalue weighted by atomic mass is 9.83. The van der Waals surface area contributed by atoms with Gasteiger partial charge >= 0.3 is 0 Å². The number of rotatable bonds is 5. The van der Waals surface area contributed by atoms with Crippen molar-refractivity contribution in [2.24, 2.45) is 5.73 Å². The van der Waals surface area contributed by atoms with E-state index in [1.807, 2.05) is 6.08 Å². The number of ether oxygens (including phenoxy) is 1. The zero-order valence-electron chi connectivity index (χ0n) is 8.43. The highest BCUT2D eigenvalue weighted by Gasteiger charge is 2.27. The van der Waals surface area contributed by atoms with E-state index in [9.17, 15) is 0 Å². The van der Waals surface area contributed by atoms with Crippen LogP contribution in [0.2, 0.25) is 0 Å². The molecular weight excluding hydrogens is 162 g/mol. The van der Waals surface area contributed by atoms with E-state index in [2.05, 4.69) is 6.58 Å². The predicted octanol–water partition coefficient (Wildman–Crippen LogP) is 2.24. The molecule has 0 radical (unpaired) electrons. The van der Waals surface area contributed by atoms with Crippen molar-refractivity contribution >= 4 is 0 Å². The minimum atomic E-state index is -0.0284. The molecule has 1 aliphatic carbocycles. The lowest BCUT2D eigenvalue weighted by Gasteiger charge is -2.32. The summed E-state index contributed by atoms with van der Waals surface area (Å²) in [5, 5.41) is 0. The van der Waals surface area contributed by atoms with Gasteiger partial charge in [0.25, 0.3) is 0 Å². The first-order valence-corrected chi connectivity index (χ1v) is 5.24. The van der Waals surface area contributed by atoms with Crippen LogP contribution in [0.4, 0.5) is 0 Å². The van der Waals surface area contributed by atoms with Gasteiger partial charge in [0.2, 0.25) is 0 Å². The standard InChI is InChI=1S/C11H21NO/c1-2-3-9-13-10-11(12)7-5-4-6-8-11/h2H,1,3-10,12H2. The number of nitrogens with two attached hydrogens (primary N) is 1. The average Bonchev–Trinajstić information content (AvgIpc) is 2.14. The third-order valence-electron chi connectivity index (χ3n) is 2.71. The van der Waals surface area contributed by atoms with Crippen LogP contribution in [0.1, 0.15) is 38.5 Å². The molecule has 0 atom stereocenters. The second-order valence-corrected chi connectivity index (χ2v) is 4.05. The summed E-state index contributed by atoms with van der Waals surface area (Å²) in [6.07, 6.45) is 8.93. The molecule has 2 N–H and O–H groups in total. The van der Waals surface area contributed by atoms with E-state index in [-0.39, 0.29) is 5.54 Å². The molecule has 76 valence electrons. The zero-order chi connectivity index (χ0) is 9.57. The molecule has 13 heavy (non-hydrogen) atoms. The largest absolute Gasteiger partial charge is 0.379 e. The fourth-order valence-electron chi connectivity index (χ4n) is 1.84. The molecule has 0 spiro atoms. The maximum absolute atomic E-state index is 6.19. The molecule has 2 nitrogen and oxygen atoms in total. The monoisotopic (exact) mass is 183 g/mol. The van der Waals surface area contributed by atoms with E-state index >= 15 is 0 Å². The summed E-state index contributed by atoms with van der Waals surface area (Å²) >= 11 is 0. The summed E-state index contributed by atoms with van der Waals surface area (Å²) in [5.74, 6) is 0. The second-order valence-electron chi connectivity index (χ2n) is 4.05. The fourth-order valence-corrected chi connectivity index (χ4v) is 1.84. The van der Waals surface area contributed by atoms with Gasteiger partial charge in [-0.25, -0.2) is 0 Å². The first-order chi connectivity index (χ1) is 6.27. The Kier molecular flexibility index (Phi) is 4.46. The van der Waals surface area contributed by atoms with Crippen molar-refractivity contribution in [3.63, 3.8) is 0 Å². The third kappa shape index (κ3) is 3.92. The maximum atomic E-state index is 6.19. The van der Waals surface area contributed by atoms with Crippen LogP contribution in [0.5, 0.6) is 0 Å². The Bertz CT molecular complexity index is 150. The van der Waals surface area contributed by atoms with E-state index in [0.717, 1.165) is 32.5 Å². The molecule has 0 aromatic rings. The van der Waals surface area contributed by atoms with Crippen LogP contribution in [0.25, 0.3) is 0 Å². The van der Waals surface area contributed by atoms with Gasteiger partial charge in [-0.3, -0.25) is 0 Å². The van der Waals surface area contributed by atoms with E-state index < -0.39 is 0 Å². The molecule has 1 aliphatic rings. The van der Waals surface area contributed by atoms with Gasteiger partial charge in [-0.2, -0.15) is 0 Å². The molecule has 1 rings (SSSR count). The summed E-state index contributed by atoms with van der Waals surface area (Å²) in [6.45, 7) is 5.14. The van der Waals surface area contributed by atoms with E-state index in [0.29, 0.717) is 0 Å². The maximum Gasteiger partial charge on any atom is 0.0646 e. The van der Waals surface area contributed by atoms with Gasteiger partial charge in [0.15, 0.2) is 0 Å². The van der Waals surface area contributed by atoms with Crippen LogP contribution in [0.15, 0.2) is 12.7 Å². The van der Waals surface area contributed by atoms with Crippen molar-refractivity contribution in [1.29, 1.82) is 0 Å². The van der Waals surface area contributed by atoms with Gasteiger partial charge in [-0.1, -0.05) is 25.3 Å². The van der Waals surface area contributed by atoms with Crippen LogP contribution in [-0.2, 0) is 4.74 Å². The van der Waals surface area contributed by atoms with E-state index in [1.165, 1.54) is 19.3 Å². The lowest BCUT2D eigenvalue weighted by Crippen LogP contribution is -2.46. The normalized spacial score (nSPS) is 21.3. The Morgan fingerprint density at radius 3 is 2.62 bits per heavy atom. The van der Waals surface area contributed by atoms with Gasteiger partial charge in [0, 0.05) is 5.54 Å². The van der Waals surface area contributed by atoms with Crippen LogP contribution in [0, 0.1) is 0 Å². The van der Waals surface area contributed by atoms with Gasteiger partial charge in [0.1, 0.15) is 0 Å². The van der Waals surface area contributed by atoms with Crippen LogP contribution < -0.4 is 5.73 Å². The molecule has 2 heteroatoms. The zero-order valence-corrected chi connectivity index (χ0v) is 8.43. The highest BCUT2D eigenvalue weighted by molar-refractivity contribution is 4.87. The number of hydrogen-bond acceptors (Lipinski definition) is 2. The molecule has 0 saturated heterocycles. The van der Waals surface area contributed by atoms with Gasteiger partial charge in [0.05, 0.1) is 13.2 Å². The van der Waals surface area contributed by atoms with Gasteiger partial charge in [-0.15, -0.1) is 6.58 Å². The SMILES string of the molecule is C=CCCOCC1(N)CCCCC1. The molecule has 0 bridgehead atoms. The summed E-state index contributed by atoms with van der Waals surface area (Å²) in [4.78, 5) is 0. The fraction of sp³-hybridized carbons (Fsp3) is 0.818. The molecule has 0 aromatic heterocycles. The van der Waals surface area contributed by atoms with Gasteiger partial charge < -0.3 is 10.5 Å².